The van der Waals surface area contributed by atoms with Gasteiger partial charge in [-0.25, -0.2) is 0 Å². The Hall–Kier alpha value is -0.870. The third kappa shape index (κ3) is 2.62. The molecule has 0 bridgehead atoms. The minimum absolute atomic E-state index is 0.141. The van der Waals surface area contributed by atoms with Gasteiger partial charge in [-0.05, 0) is 25.7 Å². The lowest BCUT2D eigenvalue weighted by molar-refractivity contribution is -0.129. The molecule has 0 aromatic heterocycles. The maximum absolute atomic E-state index is 12.0. The second-order valence-corrected chi connectivity index (χ2v) is 4.72. The standard InChI is InChI=1S/C12H20N2O2/c1-13(10-4-2-3-5-10)12(16)9-14-7-6-11(15)8-14/h4,11,15H,2-3,5-9H2,1H3/t11-/m0/s1. The highest BCUT2D eigenvalue weighted by atomic mass is 16.3. The molecule has 0 unspecified atom stereocenters. The number of aliphatic hydroxyl groups excluding tert-OH is 1. The van der Waals surface area contributed by atoms with Crippen LogP contribution in [0, 0.1) is 0 Å². The van der Waals surface area contributed by atoms with E-state index in [1.54, 1.807) is 4.90 Å². The van der Waals surface area contributed by atoms with Gasteiger partial charge in [0.15, 0.2) is 0 Å². The Morgan fingerprint density at radius 3 is 3.06 bits per heavy atom. The summed E-state index contributed by atoms with van der Waals surface area (Å²) in [5.74, 6) is 0.141. The molecule has 0 aromatic carbocycles. The van der Waals surface area contributed by atoms with Gasteiger partial charge in [-0.2, -0.15) is 0 Å². The Bertz CT molecular complexity index is 301. The molecule has 0 radical (unpaired) electrons. The van der Waals surface area contributed by atoms with Gasteiger partial charge in [0, 0.05) is 25.8 Å². The van der Waals surface area contributed by atoms with E-state index in [4.69, 9.17) is 0 Å². The van der Waals surface area contributed by atoms with E-state index < -0.39 is 0 Å². The Labute approximate surface area is 96.5 Å². The normalized spacial score (nSPS) is 25.9. The molecule has 90 valence electrons. The molecule has 0 aromatic rings. The lowest BCUT2D eigenvalue weighted by Crippen LogP contribution is -2.37. The van der Waals surface area contributed by atoms with Crippen LogP contribution in [0.5, 0.6) is 0 Å². The summed E-state index contributed by atoms with van der Waals surface area (Å²) in [6, 6.07) is 0. The summed E-state index contributed by atoms with van der Waals surface area (Å²) in [6.07, 6.45) is 5.97. The van der Waals surface area contributed by atoms with E-state index >= 15 is 0 Å². The lowest BCUT2D eigenvalue weighted by Gasteiger charge is -2.22. The van der Waals surface area contributed by atoms with Crippen LogP contribution in [0.3, 0.4) is 0 Å². The summed E-state index contributed by atoms with van der Waals surface area (Å²) in [4.78, 5) is 15.8. The van der Waals surface area contributed by atoms with Crippen molar-refractivity contribution in [3.8, 4) is 0 Å². The summed E-state index contributed by atoms with van der Waals surface area (Å²) in [7, 11) is 1.85. The molecule has 2 rings (SSSR count). The molecule has 1 heterocycles. The number of likely N-dealkylation sites (N-methyl/N-ethyl adjacent to an activating group) is 1. The highest BCUT2D eigenvalue weighted by molar-refractivity contribution is 5.79. The quantitative estimate of drug-likeness (QED) is 0.762. The van der Waals surface area contributed by atoms with Crippen molar-refractivity contribution in [1.82, 2.24) is 9.80 Å². The zero-order valence-corrected chi connectivity index (χ0v) is 9.85. The van der Waals surface area contributed by atoms with Crippen LogP contribution in [-0.2, 0) is 4.79 Å². The van der Waals surface area contributed by atoms with Gasteiger partial charge in [0.2, 0.25) is 5.91 Å². The van der Waals surface area contributed by atoms with Crippen LogP contribution in [0.4, 0.5) is 0 Å². The van der Waals surface area contributed by atoms with E-state index in [9.17, 15) is 9.90 Å². The number of hydrogen-bond donors (Lipinski definition) is 1. The number of carbonyl (C=O) groups excluding carboxylic acids is 1. The average Bonchev–Trinajstić information content (AvgIpc) is 2.88. The number of likely N-dealkylation sites (tertiary alicyclic amines) is 1. The van der Waals surface area contributed by atoms with Crippen molar-refractivity contribution in [2.24, 2.45) is 0 Å². The van der Waals surface area contributed by atoms with Crippen LogP contribution in [0.2, 0.25) is 0 Å². The van der Waals surface area contributed by atoms with E-state index in [0.29, 0.717) is 13.1 Å². The van der Waals surface area contributed by atoms with E-state index in [1.807, 2.05) is 11.9 Å². The van der Waals surface area contributed by atoms with Crippen molar-refractivity contribution < 1.29 is 9.90 Å². The minimum atomic E-state index is -0.246. The van der Waals surface area contributed by atoms with Crippen molar-refractivity contribution in [2.45, 2.75) is 31.8 Å². The predicted molar refractivity (Wildman–Crippen MR) is 61.8 cm³/mol. The second kappa shape index (κ2) is 4.97. The van der Waals surface area contributed by atoms with Gasteiger partial charge in [0.1, 0.15) is 0 Å². The second-order valence-electron chi connectivity index (χ2n) is 4.72. The maximum atomic E-state index is 12.0. The van der Waals surface area contributed by atoms with Gasteiger partial charge in [-0.15, -0.1) is 0 Å². The SMILES string of the molecule is CN(C(=O)CN1CC[C@H](O)C1)C1=CCCC1. The summed E-state index contributed by atoms with van der Waals surface area (Å²) in [5, 5.41) is 9.38. The first-order valence-electron chi connectivity index (χ1n) is 6.03. The molecule has 0 saturated carbocycles. The fraction of sp³-hybridized carbons (Fsp3) is 0.750. The van der Waals surface area contributed by atoms with Crippen LogP contribution in [0.1, 0.15) is 25.7 Å². The third-order valence-corrected chi connectivity index (χ3v) is 3.43. The Balaban J connectivity index is 1.83. The van der Waals surface area contributed by atoms with Crippen LogP contribution in [0.15, 0.2) is 11.8 Å². The van der Waals surface area contributed by atoms with E-state index in [2.05, 4.69) is 6.08 Å². The fourth-order valence-corrected chi connectivity index (χ4v) is 2.37. The fourth-order valence-electron chi connectivity index (χ4n) is 2.37. The van der Waals surface area contributed by atoms with Crippen LogP contribution in [0.25, 0.3) is 0 Å². The monoisotopic (exact) mass is 224 g/mol. The molecule has 0 spiro atoms. The van der Waals surface area contributed by atoms with Crippen molar-refractivity contribution in [2.75, 3.05) is 26.7 Å². The largest absolute Gasteiger partial charge is 0.392 e. The maximum Gasteiger partial charge on any atom is 0.240 e. The van der Waals surface area contributed by atoms with E-state index in [0.717, 1.165) is 37.9 Å². The Kier molecular flexibility index (Phi) is 3.61. The summed E-state index contributed by atoms with van der Waals surface area (Å²) in [5.41, 5.74) is 1.16. The molecule has 2 aliphatic rings. The molecule has 1 amide bonds. The number of nitrogens with zero attached hydrogens (tertiary/aromatic N) is 2. The topological polar surface area (TPSA) is 43.8 Å². The number of aliphatic hydroxyl groups is 1. The van der Waals surface area contributed by atoms with Crippen LogP contribution < -0.4 is 0 Å². The molecule has 16 heavy (non-hydrogen) atoms. The average molecular weight is 224 g/mol. The van der Waals surface area contributed by atoms with Crippen LogP contribution in [-0.4, -0.2) is 53.6 Å². The zero-order valence-electron chi connectivity index (χ0n) is 9.85. The first-order valence-corrected chi connectivity index (χ1v) is 6.03. The Morgan fingerprint density at radius 1 is 1.69 bits per heavy atom. The van der Waals surface area contributed by atoms with Crippen molar-refractivity contribution in [1.29, 1.82) is 0 Å². The molecule has 1 fully saturated rings. The number of carbonyl (C=O) groups is 1. The number of allylic oxidation sites excluding steroid dienone is 2. The first-order chi connectivity index (χ1) is 7.66. The van der Waals surface area contributed by atoms with Gasteiger partial charge in [-0.1, -0.05) is 6.08 Å². The van der Waals surface area contributed by atoms with Crippen LogP contribution >= 0.6 is 0 Å². The Morgan fingerprint density at radius 2 is 2.50 bits per heavy atom. The molecule has 1 atom stereocenters. The van der Waals surface area contributed by atoms with Crippen molar-refractivity contribution in [3.63, 3.8) is 0 Å². The molecule has 4 nitrogen and oxygen atoms in total. The number of rotatable bonds is 3. The summed E-state index contributed by atoms with van der Waals surface area (Å²) < 4.78 is 0. The van der Waals surface area contributed by atoms with Crippen molar-refractivity contribution >= 4 is 5.91 Å². The molecular formula is C12H20N2O2. The third-order valence-electron chi connectivity index (χ3n) is 3.43. The molecule has 4 heteroatoms. The zero-order chi connectivity index (χ0) is 11.5. The number of hydrogen-bond acceptors (Lipinski definition) is 3. The smallest absolute Gasteiger partial charge is 0.240 e. The highest BCUT2D eigenvalue weighted by Crippen LogP contribution is 2.20. The number of amides is 1. The molecule has 1 aliphatic heterocycles. The molecule has 1 saturated heterocycles. The summed E-state index contributed by atoms with van der Waals surface area (Å²) >= 11 is 0. The van der Waals surface area contributed by atoms with E-state index in [1.165, 1.54) is 0 Å². The van der Waals surface area contributed by atoms with Gasteiger partial charge in [-0.3, -0.25) is 9.69 Å². The predicted octanol–water partition coefficient (Wildman–Crippen LogP) is 0.579. The first kappa shape index (κ1) is 11.6. The van der Waals surface area contributed by atoms with E-state index in [-0.39, 0.29) is 12.0 Å². The van der Waals surface area contributed by atoms with Crippen molar-refractivity contribution in [3.05, 3.63) is 11.8 Å². The molecule has 1 aliphatic carbocycles. The highest BCUT2D eigenvalue weighted by Gasteiger charge is 2.24. The lowest BCUT2D eigenvalue weighted by atomic mass is 10.3. The van der Waals surface area contributed by atoms with Gasteiger partial charge in [0.25, 0.3) is 0 Å². The molecule has 1 N–H and O–H groups in total. The minimum Gasteiger partial charge on any atom is -0.392 e. The number of β-amino-alcohol motifs (C(OH)–C–C–N with tert-alkyl or cyclic N) is 1. The van der Waals surface area contributed by atoms with Gasteiger partial charge < -0.3 is 10.0 Å². The molecular weight excluding hydrogens is 204 g/mol. The van der Waals surface area contributed by atoms with Gasteiger partial charge in [0.05, 0.1) is 12.6 Å². The van der Waals surface area contributed by atoms with Gasteiger partial charge >= 0.3 is 0 Å². The summed E-state index contributed by atoms with van der Waals surface area (Å²) in [6.45, 7) is 1.91.